The summed E-state index contributed by atoms with van der Waals surface area (Å²) in [5.41, 5.74) is -2.56. The van der Waals surface area contributed by atoms with Gasteiger partial charge in [-0.15, -0.1) is 0 Å². The van der Waals surface area contributed by atoms with Gasteiger partial charge in [0.25, 0.3) is 5.91 Å². The fourth-order valence-corrected chi connectivity index (χ4v) is 2.94. The van der Waals surface area contributed by atoms with Gasteiger partial charge in [-0.25, -0.2) is 13.9 Å². The average molecular weight is 421 g/mol. The number of benzene rings is 2. The van der Waals surface area contributed by atoms with E-state index in [4.69, 9.17) is 5.11 Å². The van der Waals surface area contributed by atoms with Crippen LogP contribution >= 0.6 is 0 Å². The standard InChI is InChI=1S/C20H15F4N3O3/c1-26(2)18(28)14-8-4-7-13(16(14)21)11-5-3-6-12(9-11)27-17(20(22,23)24)15(10-25-27)19(29)30/h3-10H,1-2H3,(H,29,30). The molecule has 0 atom stereocenters. The van der Waals surface area contributed by atoms with E-state index < -0.39 is 35.1 Å². The highest BCUT2D eigenvalue weighted by atomic mass is 19.4. The molecule has 0 saturated heterocycles. The van der Waals surface area contributed by atoms with E-state index in [2.05, 4.69) is 5.10 Å². The average Bonchev–Trinajstić information content (AvgIpc) is 3.14. The molecule has 0 aliphatic carbocycles. The Bertz CT molecular complexity index is 1140. The first-order valence-electron chi connectivity index (χ1n) is 8.52. The maximum Gasteiger partial charge on any atom is 0.434 e. The monoisotopic (exact) mass is 421 g/mol. The van der Waals surface area contributed by atoms with Crippen molar-refractivity contribution in [1.82, 2.24) is 14.7 Å². The summed E-state index contributed by atoms with van der Waals surface area (Å²) in [6.07, 6.45) is -4.38. The second kappa shape index (κ2) is 7.62. The zero-order valence-electron chi connectivity index (χ0n) is 15.7. The summed E-state index contributed by atoms with van der Waals surface area (Å²) in [7, 11) is 2.93. The Morgan fingerprint density at radius 2 is 1.73 bits per heavy atom. The van der Waals surface area contributed by atoms with Gasteiger partial charge in [0.05, 0.1) is 17.4 Å². The van der Waals surface area contributed by atoms with Gasteiger partial charge in [-0.05, 0) is 23.8 Å². The van der Waals surface area contributed by atoms with Gasteiger partial charge in [0.1, 0.15) is 11.4 Å². The third-order valence-corrected chi connectivity index (χ3v) is 4.31. The van der Waals surface area contributed by atoms with E-state index in [0.717, 1.165) is 0 Å². The lowest BCUT2D eigenvalue weighted by molar-refractivity contribution is -0.143. The normalized spacial score (nSPS) is 11.4. The molecule has 0 radical (unpaired) electrons. The summed E-state index contributed by atoms with van der Waals surface area (Å²) < 4.78 is 55.8. The molecule has 3 rings (SSSR count). The van der Waals surface area contributed by atoms with Crippen LogP contribution < -0.4 is 0 Å². The van der Waals surface area contributed by atoms with E-state index in [-0.39, 0.29) is 22.4 Å². The lowest BCUT2D eigenvalue weighted by Crippen LogP contribution is -2.23. The second-order valence-corrected chi connectivity index (χ2v) is 6.54. The molecule has 0 aliphatic rings. The van der Waals surface area contributed by atoms with Crippen molar-refractivity contribution in [3.05, 3.63) is 71.3 Å². The van der Waals surface area contributed by atoms with E-state index in [1.807, 2.05) is 0 Å². The van der Waals surface area contributed by atoms with E-state index in [0.29, 0.717) is 10.9 Å². The second-order valence-electron chi connectivity index (χ2n) is 6.54. The maximum atomic E-state index is 15.0. The van der Waals surface area contributed by atoms with Gasteiger partial charge in [-0.2, -0.15) is 18.3 Å². The first kappa shape index (κ1) is 21.0. The van der Waals surface area contributed by atoms with Crippen molar-refractivity contribution in [2.45, 2.75) is 6.18 Å². The summed E-state index contributed by atoms with van der Waals surface area (Å²) in [5.74, 6) is -3.16. The van der Waals surface area contributed by atoms with Crippen molar-refractivity contribution >= 4 is 11.9 Å². The van der Waals surface area contributed by atoms with Crippen molar-refractivity contribution in [3.8, 4) is 16.8 Å². The number of halogens is 4. The molecule has 1 aromatic heterocycles. The van der Waals surface area contributed by atoms with Gasteiger partial charge >= 0.3 is 12.1 Å². The number of alkyl halides is 3. The zero-order chi connectivity index (χ0) is 22.2. The Morgan fingerprint density at radius 3 is 2.33 bits per heavy atom. The quantitative estimate of drug-likeness (QED) is 0.644. The predicted octanol–water partition coefficient (Wildman–Crippen LogP) is 4.10. The van der Waals surface area contributed by atoms with Crippen LogP contribution in [0.15, 0.2) is 48.7 Å². The first-order valence-corrected chi connectivity index (χ1v) is 8.52. The molecule has 2 aromatic carbocycles. The summed E-state index contributed by atoms with van der Waals surface area (Å²) in [5, 5.41) is 12.6. The van der Waals surface area contributed by atoms with E-state index in [1.165, 1.54) is 61.5 Å². The molecule has 156 valence electrons. The molecule has 0 unspecified atom stereocenters. The SMILES string of the molecule is CN(C)C(=O)c1cccc(-c2cccc(-n3ncc(C(=O)O)c3C(F)(F)F)c2)c1F. The first-order chi connectivity index (χ1) is 14.0. The van der Waals surface area contributed by atoms with E-state index >= 15 is 0 Å². The topological polar surface area (TPSA) is 75.4 Å². The van der Waals surface area contributed by atoms with Crippen LogP contribution in [0.1, 0.15) is 26.4 Å². The molecule has 1 N–H and O–H groups in total. The molecule has 1 amide bonds. The maximum absolute atomic E-state index is 15.0. The molecule has 0 aliphatic heterocycles. The molecule has 0 fully saturated rings. The van der Waals surface area contributed by atoms with Gasteiger partial charge in [0.2, 0.25) is 0 Å². The number of carboxylic acids is 1. The molecule has 1 heterocycles. The highest BCUT2D eigenvalue weighted by Gasteiger charge is 2.40. The molecule has 0 saturated carbocycles. The number of carbonyl (C=O) groups is 2. The van der Waals surface area contributed by atoms with Crippen molar-refractivity contribution in [1.29, 1.82) is 0 Å². The number of hydrogen-bond donors (Lipinski definition) is 1. The lowest BCUT2D eigenvalue weighted by atomic mass is 10.0. The fraction of sp³-hybridized carbons (Fsp3) is 0.150. The fourth-order valence-electron chi connectivity index (χ4n) is 2.94. The number of carbonyl (C=O) groups excluding carboxylic acids is 1. The summed E-state index contributed by atoms with van der Waals surface area (Å²) in [6.45, 7) is 0. The van der Waals surface area contributed by atoms with Crippen LogP contribution in [-0.4, -0.2) is 45.8 Å². The predicted molar refractivity (Wildman–Crippen MR) is 98.9 cm³/mol. The molecule has 10 heteroatoms. The van der Waals surface area contributed by atoms with Crippen molar-refractivity contribution < 1.29 is 32.3 Å². The minimum Gasteiger partial charge on any atom is -0.478 e. The van der Waals surface area contributed by atoms with Gasteiger partial charge < -0.3 is 10.0 Å². The largest absolute Gasteiger partial charge is 0.478 e. The Labute approximate surface area is 168 Å². The molecule has 30 heavy (non-hydrogen) atoms. The van der Waals surface area contributed by atoms with Crippen LogP contribution in [-0.2, 0) is 6.18 Å². The van der Waals surface area contributed by atoms with Crippen LogP contribution in [0.25, 0.3) is 16.8 Å². The highest BCUT2D eigenvalue weighted by Crippen LogP contribution is 2.35. The Balaban J connectivity index is 2.16. The number of nitrogens with zero attached hydrogens (tertiary/aromatic N) is 3. The van der Waals surface area contributed by atoms with Gasteiger partial charge in [0.15, 0.2) is 5.69 Å². The van der Waals surface area contributed by atoms with Gasteiger partial charge in [0, 0.05) is 19.7 Å². The highest BCUT2D eigenvalue weighted by molar-refractivity contribution is 5.95. The zero-order valence-corrected chi connectivity index (χ0v) is 15.7. The smallest absolute Gasteiger partial charge is 0.434 e. The van der Waals surface area contributed by atoms with Crippen LogP contribution in [0, 0.1) is 5.82 Å². The van der Waals surface area contributed by atoms with E-state index in [1.54, 1.807) is 0 Å². The molecule has 3 aromatic rings. The van der Waals surface area contributed by atoms with Crippen LogP contribution in [0.2, 0.25) is 0 Å². The minimum atomic E-state index is -4.98. The van der Waals surface area contributed by atoms with Crippen molar-refractivity contribution in [3.63, 3.8) is 0 Å². The molecule has 0 bridgehead atoms. The number of aromatic nitrogens is 2. The Kier molecular flexibility index (Phi) is 5.34. The number of aromatic carboxylic acids is 1. The summed E-state index contributed by atoms with van der Waals surface area (Å²) in [6, 6.07) is 9.50. The van der Waals surface area contributed by atoms with E-state index in [9.17, 15) is 27.2 Å². The Morgan fingerprint density at radius 1 is 1.07 bits per heavy atom. The Hall–Kier alpha value is -3.69. The molecule has 0 spiro atoms. The summed E-state index contributed by atoms with van der Waals surface area (Å²) in [4.78, 5) is 24.5. The lowest BCUT2D eigenvalue weighted by Gasteiger charge is -2.14. The van der Waals surface area contributed by atoms with Crippen LogP contribution in [0.4, 0.5) is 17.6 Å². The van der Waals surface area contributed by atoms with Crippen LogP contribution in [0.5, 0.6) is 0 Å². The summed E-state index contributed by atoms with van der Waals surface area (Å²) >= 11 is 0. The minimum absolute atomic E-state index is 0.00345. The van der Waals surface area contributed by atoms with Crippen LogP contribution in [0.3, 0.4) is 0 Å². The third-order valence-electron chi connectivity index (χ3n) is 4.31. The number of hydrogen-bond acceptors (Lipinski definition) is 3. The van der Waals surface area contributed by atoms with Crippen molar-refractivity contribution in [2.75, 3.05) is 14.1 Å². The van der Waals surface area contributed by atoms with Gasteiger partial charge in [-0.1, -0.05) is 24.3 Å². The number of amides is 1. The van der Waals surface area contributed by atoms with Gasteiger partial charge in [-0.3, -0.25) is 4.79 Å². The number of rotatable bonds is 4. The molecule has 6 nitrogen and oxygen atoms in total. The molecular formula is C20H15F4N3O3. The molecular weight excluding hydrogens is 406 g/mol. The van der Waals surface area contributed by atoms with Crippen molar-refractivity contribution in [2.24, 2.45) is 0 Å². The third kappa shape index (κ3) is 3.76. The number of carboxylic acid groups (broad SMARTS) is 1.